The SMILES string of the molecule is CCCOc1ccc(C2=C(N(CCOC)CCOC)C(=O)N(Cc3ccco3)C2=O)cc1. The Morgan fingerprint density at radius 1 is 0.938 bits per heavy atom. The second-order valence-electron chi connectivity index (χ2n) is 7.34. The molecule has 3 rings (SSSR count). The van der Waals surface area contributed by atoms with Crippen molar-refractivity contribution in [1.29, 1.82) is 0 Å². The van der Waals surface area contributed by atoms with Gasteiger partial charge >= 0.3 is 0 Å². The van der Waals surface area contributed by atoms with E-state index in [4.69, 9.17) is 18.6 Å². The number of rotatable bonds is 13. The standard InChI is InChI=1S/C24H30N2O6/c1-4-13-31-19-9-7-18(8-10-19)21-22(25(11-15-29-2)12-16-30-3)24(28)26(23(21)27)17-20-6-5-14-32-20/h5-10,14H,4,11-13,15-17H2,1-3H3. The minimum atomic E-state index is -0.361. The summed E-state index contributed by atoms with van der Waals surface area (Å²) in [4.78, 5) is 30.0. The molecule has 0 radical (unpaired) electrons. The lowest BCUT2D eigenvalue weighted by molar-refractivity contribution is -0.138. The smallest absolute Gasteiger partial charge is 0.278 e. The molecule has 0 saturated carbocycles. The number of benzene rings is 1. The molecular weight excluding hydrogens is 412 g/mol. The average Bonchev–Trinajstić information content (AvgIpc) is 3.41. The first-order valence-electron chi connectivity index (χ1n) is 10.7. The van der Waals surface area contributed by atoms with E-state index < -0.39 is 0 Å². The Morgan fingerprint density at radius 2 is 1.62 bits per heavy atom. The Labute approximate surface area is 188 Å². The largest absolute Gasteiger partial charge is 0.494 e. The molecule has 0 unspecified atom stereocenters. The number of furan rings is 1. The summed E-state index contributed by atoms with van der Waals surface area (Å²) in [6.45, 7) is 4.43. The molecule has 0 bridgehead atoms. The van der Waals surface area contributed by atoms with Gasteiger partial charge in [-0.05, 0) is 36.2 Å². The predicted octanol–water partition coefficient (Wildman–Crippen LogP) is 2.94. The van der Waals surface area contributed by atoms with Crippen molar-refractivity contribution in [3.63, 3.8) is 0 Å². The van der Waals surface area contributed by atoms with Crippen molar-refractivity contribution in [2.75, 3.05) is 47.1 Å². The lowest BCUT2D eigenvalue weighted by atomic mass is 10.0. The van der Waals surface area contributed by atoms with E-state index in [1.54, 1.807) is 26.4 Å². The number of ether oxygens (including phenoxy) is 3. The van der Waals surface area contributed by atoms with Crippen LogP contribution in [-0.4, -0.2) is 68.7 Å². The van der Waals surface area contributed by atoms with Gasteiger partial charge < -0.3 is 23.5 Å². The molecule has 32 heavy (non-hydrogen) atoms. The van der Waals surface area contributed by atoms with Crippen molar-refractivity contribution in [3.8, 4) is 5.75 Å². The summed E-state index contributed by atoms with van der Waals surface area (Å²) in [5.74, 6) is 0.539. The predicted molar refractivity (Wildman–Crippen MR) is 119 cm³/mol. The fourth-order valence-electron chi connectivity index (χ4n) is 3.49. The number of hydrogen-bond acceptors (Lipinski definition) is 7. The van der Waals surface area contributed by atoms with Crippen molar-refractivity contribution in [2.24, 2.45) is 0 Å². The fourth-order valence-corrected chi connectivity index (χ4v) is 3.49. The molecule has 8 nitrogen and oxygen atoms in total. The molecule has 1 aromatic heterocycles. The second-order valence-corrected chi connectivity index (χ2v) is 7.34. The van der Waals surface area contributed by atoms with Gasteiger partial charge in [-0.3, -0.25) is 14.5 Å². The highest BCUT2D eigenvalue weighted by atomic mass is 16.5. The van der Waals surface area contributed by atoms with Gasteiger partial charge in [0.15, 0.2) is 0 Å². The molecule has 172 valence electrons. The maximum atomic E-state index is 13.5. The molecule has 0 spiro atoms. The zero-order valence-corrected chi connectivity index (χ0v) is 18.8. The number of hydrogen-bond donors (Lipinski definition) is 0. The highest BCUT2D eigenvalue weighted by Crippen LogP contribution is 2.33. The molecule has 0 fully saturated rings. The van der Waals surface area contributed by atoms with Crippen molar-refractivity contribution in [2.45, 2.75) is 19.9 Å². The van der Waals surface area contributed by atoms with Gasteiger partial charge in [0.05, 0.1) is 38.2 Å². The number of amides is 2. The first-order chi connectivity index (χ1) is 15.6. The van der Waals surface area contributed by atoms with Gasteiger partial charge in [0.1, 0.15) is 17.2 Å². The van der Waals surface area contributed by atoms with E-state index in [1.165, 1.54) is 11.2 Å². The Kier molecular flexibility index (Phi) is 8.47. The van der Waals surface area contributed by atoms with Crippen LogP contribution in [0.3, 0.4) is 0 Å². The van der Waals surface area contributed by atoms with Crippen molar-refractivity contribution >= 4 is 17.4 Å². The molecule has 0 saturated heterocycles. The molecule has 8 heteroatoms. The molecule has 2 aromatic rings. The van der Waals surface area contributed by atoms with Gasteiger partial charge in [-0.2, -0.15) is 0 Å². The van der Waals surface area contributed by atoms with Crippen LogP contribution in [0, 0.1) is 0 Å². The van der Waals surface area contributed by atoms with Crippen LogP contribution in [0.15, 0.2) is 52.8 Å². The number of carbonyl (C=O) groups is 2. The quantitative estimate of drug-likeness (QED) is 0.441. The van der Waals surface area contributed by atoms with Gasteiger partial charge in [0.25, 0.3) is 11.8 Å². The van der Waals surface area contributed by atoms with Crippen LogP contribution in [0.1, 0.15) is 24.7 Å². The fraction of sp³-hybridized carbons (Fsp3) is 0.417. The van der Waals surface area contributed by atoms with E-state index in [1.807, 2.05) is 36.1 Å². The van der Waals surface area contributed by atoms with E-state index >= 15 is 0 Å². The van der Waals surface area contributed by atoms with Crippen LogP contribution in [-0.2, 0) is 25.6 Å². The lowest BCUT2D eigenvalue weighted by Crippen LogP contribution is -2.37. The molecular formula is C24H30N2O6. The summed E-state index contributed by atoms with van der Waals surface area (Å²) in [6, 6.07) is 10.7. The molecule has 0 aliphatic carbocycles. The molecule has 0 N–H and O–H groups in total. The van der Waals surface area contributed by atoms with Gasteiger partial charge in [-0.15, -0.1) is 0 Å². The van der Waals surface area contributed by atoms with Gasteiger partial charge in [0.2, 0.25) is 0 Å². The summed E-state index contributed by atoms with van der Waals surface area (Å²) in [5, 5.41) is 0. The summed E-state index contributed by atoms with van der Waals surface area (Å²) >= 11 is 0. The van der Waals surface area contributed by atoms with Gasteiger partial charge in [-0.25, -0.2) is 0 Å². The summed E-state index contributed by atoms with van der Waals surface area (Å²) in [5.41, 5.74) is 1.36. The van der Waals surface area contributed by atoms with Crippen LogP contribution >= 0.6 is 0 Å². The molecule has 1 aliphatic rings. The maximum absolute atomic E-state index is 13.5. The van der Waals surface area contributed by atoms with Gasteiger partial charge in [0, 0.05) is 27.3 Å². The number of nitrogens with zero attached hydrogens (tertiary/aromatic N) is 2. The van der Waals surface area contributed by atoms with E-state index in [0.717, 1.165) is 12.2 Å². The van der Waals surface area contributed by atoms with Crippen LogP contribution in [0.25, 0.3) is 5.57 Å². The number of methoxy groups -OCH3 is 2. The summed E-state index contributed by atoms with van der Waals surface area (Å²) in [7, 11) is 3.20. The van der Waals surface area contributed by atoms with Crippen molar-refractivity contribution in [1.82, 2.24) is 9.80 Å². The normalized spacial score (nSPS) is 13.9. The van der Waals surface area contributed by atoms with Crippen LogP contribution < -0.4 is 4.74 Å². The Balaban J connectivity index is 1.99. The Bertz CT molecular complexity index is 912. The van der Waals surface area contributed by atoms with Crippen LogP contribution in [0.2, 0.25) is 0 Å². The number of carbonyl (C=O) groups excluding carboxylic acids is 2. The van der Waals surface area contributed by atoms with E-state index in [9.17, 15) is 9.59 Å². The third-order valence-corrected chi connectivity index (χ3v) is 5.10. The highest BCUT2D eigenvalue weighted by molar-refractivity contribution is 6.35. The molecule has 0 atom stereocenters. The summed E-state index contributed by atoms with van der Waals surface area (Å²) < 4.78 is 21.5. The molecule has 2 amide bonds. The molecule has 2 heterocycles. The van der Waals surface area contributed by atoms with Crippen molar-refractivity contribution in [3.05, 3.63) is 59.7 Å². The van der Waals surface area contributed by atoms with E-state index in [0.29, 0.717) is 55.5 Å². The number of imide groups is 1. The zero-order chi connectivity index (χ0) is 22.9. The average molecular weight is 443 g/mol. The van der Waals surface area contributed by atoms with Crippen molar-refractivity contribution < 1.29 is 28.2 Å². The minimum Gasteiger partial charge on any atom is -0.494 e. The van der Waals surface area contributed by atoms with E-state index in [2.05, 4.69) is 0 Å². The third-order valence-electron chi connectivity index (χ3n) is 5.10. The third kappa shape index (κ3) is 5.38. The highest BCUT2D eigenvalue weighted by Gasteiger charge is 2.41. The molecule has 1 aromatic carbocycles. The lowest BCUT2D eigenvalue weighted by Gasteiger charge is -2.25. The Hall–Kier alpha value is -3.10. The first-order valence-corrected chi connectivity index (χ1v) is 10.7. The second kappa shape index (κ2) is 11.5. The maximum Gasteiger partial charge on any atom is 0.278 e. The van der Waals surface area contributed by atoms with Crippen LogP contribution in [0.5, 0.6) is 5.75 Å². The first kappa shape index (κ1) is 23.6. The van der Waals surface area contributed by atoms with Crippen LogP contribution in [0.4, 0.5) is 0 Å². The zero-order valence-electron chi connectivity index (χ0n) is 18.8. The minimum absolute atomic E-state index is 0.0672. The van der Waals surface area contributed by atoms with Gasteiger partial charge in [-0.1, -0.05) is 19.1 Å². The topological polar surface area (TPSA) is 81.4 Å². The van der Waals surface area contributed by atoms with E-state index in [-0.39, 0.29) is 18.4 Å². The summed E-state index contributed by atoms with van der Waals surface area (Å²) in [6.07, 6.45) is 2.42. The molecule has 1 aliphatic heterocycles. The Morgan fingerprint density at radius 3 is 2.19 bits per heavy atom. The monoisotopic (exact) mass is 442 g/mol.